The van der Waals surface area contributed by atoms with Crippen molar-refractivity contribution in [2.24, 2.45) is 0 Å². The molecular formula is C23H26N2O4S. The molecule has 0 bridgehead atoms. The van der Waals surface area contributed by atoms with Crippen molar-refractivity contribution in [3.63, 3.8) is 0 Å². The largest absolute Gasteiger partial charge is 0.480 e. The molecule has 1 fully saturated rings. The zero-order valence-electron chi connectivity index (χ0n) is 16.8. The number of carboxylic acid groups (broad SMARTS) is 1. The number of nitrogens with one attached hydrogen (secondary N) is 1. The van der Waals surface area contributed by atoms with Gasteiger partial charge in [0.25, 0.3) is 0 Å². The van der Waals surface area contributed by atoms with Crippen molar-refractivity contribution >= 4 is 30.4 Å². The Morgan fingerprint density at radius 2 is 1.77 bits per heavy atom. The first-order chi connectivity index (χ1) is 14.4. The first-order valence-corrected chi connectivity index (χ1v) is 10.5. The smallest absolute Gasteiger partial charge is 0.326 e. The Labute approximate surface area is 181 Å². The molecule has 0 unspecified atom stereocenters. The molecule has 30 heavy (non-hydrogen) atoms. The van der Waals surface area contributed by atoms with Crippen molar-refractivity contribution in [2.45, 2.75) is 43.5 Å². The average Bonchev–Trinajstić information content (AvgIpc) is 3.18. The van der Waals surface area contributed by atoms with E-state index in [9.17, 15) is 19.5 Å². The maximum absolute atomic E-state index is 13.0. The summed E-state index contributed by atoms with van der Waals surface area (Å²) in [5, 5.41) is 11.6. The number of carboxylic acids is 1. The van der Waals surface area contributed by atoms with Crippen LogP contribution in [0.2, 0.25) is 0 Å². The summed E-state index contributed by atoms with van der Waals surface area (Å²) in [6, 6.07) is 16.0. The number of rotatable bonds is 7. The van der Waals surface area contributed by atoms with Crippen LogP contribution in [0.15, 0.2) is 54.6 Å². The summed E-state index contributed by atoms with van der Waals surface area (Å²) in [7, 11) is 0. The number of carbonyl (C=O) groups excluding carboxylic acids is 2. The highest BCUT2D eigenvalue weighted by Crippen LogP contribution is 2.37. The lowest BCUT2D eigenvalue weighted by Crippen LogP contribution is -2.47. The third-order valence-electron chi connectivity index (χ3n) is 5.49. The van der Waals surface area contributed by atoms with Crippen molar-refractivity contribution in [1.29, 1.82) is 0 Å². The zero-order valence-corrected chi connectivity index (χ0v) is 17.7. The monoisotopic (exact) mass is 426 g/mol. The Hall–Kier alpha value is -2.80. The lowest BCUT2D eigenvalue weighted by Gasteiger charge is -2.30. The van der Waals surface area contributed by atoms with Crippen molar-refractivity contribution in [2.75, 3.05) is 6.54 Å². The molecule has 1 saturated heterocycles. The summed E-state index contributed by atoms with van der Waals surface area (Å²) in [5.74, 6) is -1.78. The first-order valence-electron chi connectivity index (χ1n) is 9.97. The number of aliphatic carboxylic acids is 1. The Morgan fingerprint density at radius 1 is 1.10 bits per heavy atom. The molecule has 6 nitrogen and oxygen atoms in total. The van der Waals surface area contributed by atoms with Gasteiger partial charge < -0.3 is 15.3 Å². The summed E-state index contributed by atoms with van der Waals surface area (Å²) in [5.41, 5.74) is 2.93. The Kier molecular flexibility index (Phi) is 7.15. The third-order valence-corrected chi connectivity index (χ3v) is 5.91. The van der Waals surface area contributed by atoms with Crippen LogP contribution in [0, 0.1) is 6.92 Å². The highest BCUT2D eigenvalue weighted by Gasteiger charge is 2.41. The normalized spacial score (nSPS) is 19.3. The molecule has 3 rings (SSSR count). The molecule has 158 valence electrons. The topological polar surface area (TPSA) is 86.7 Å². The predicted molar refractivity (Wildman–Crippen MR) is 117 cm³/mol. The maximum Gasteiger partial charge on any atom is 0.326 e. The fraction of sp³-hybridized carbons (Fsp3) is 0.348. The molecule has 1 heterocycles. The minimum absolute atomic E-state index is 0.253. The number of amides is 2. The Bertz CT molecular complexity index is 918. The SMILES string of the molecule is Cc1ccccc1[C@H]1CC[C@@H](C(=O)O)N1C(=O)CNC(=O)[C@@H](S)Cc1ccccc1. The van der Waals surface area contributed by atoms with Crippen LogP contribution in [0.1, 0.15) is 35.6 Å². The fourth-order valence-corrected chi connectivity index (χ4v) is 4.27. The molecule has 2 N–H and O–H groups in total. The molecule has 0 saturated carbocycles. The quantitative estimate of drug-likeness (QED) is 0.594. The Morgan fingerprint density at radius 3 is 2.43 bits per heavy atom. The highest BCUT2D eigenvalue weighted by molar-refractivity contribution is 7.81. The van der Waals surface area contributed by atoms with E-state index in [0.29, 0.717) is 19.3 Å². The Balaban J connectivity index is 1.67. The second kappa shape index (κ2) is 9.80. The van der Waals surface area contributed by atoms with Gasteiger partial charge in [0, 0.05) is 0 Å². The molecule has 1 aliphatic rings. The lowest BCUT2D eigenvalue weighted by atomic mass is 9.99. The van der Waals surface area contributed by atoms with Crippen molar-refractivity contribution in [3.8, 4) is 0 Å². The number of hydrogen-bond donors (Lipinski definition) is 3. The summed E-state index contributed by atoms with van der Waals surface area (Å²) in [6.45, 7) is 1.69. The number of benzene rings is 2. The molecule has 3 atom stereocenters. The van der Waals surface area contributed by atoms with Gasteiger partial charge in [-0.05, 0) is 42.9 Å². The maximum atomic E-state index is 13.0. The van der Waals surface area contributed by atoms with Gasteiger partial charge in [0.05, 0.1) is 17.8 Å². The zero-order chi connectivity index (χ0) is 21.7. The van der Waals surface area contributed by atoms with Gasteiger partial charge >= 0.3 is 5.97 Å². The van der Waals surface area contributed by atoms with Gasteiger partial charge in [-0.3, -0.25) is 9.59 Å². The van der Waals surface area contributed by atoms with Crippen LogP contribution in [0.3, 0.4) is 0 Å². The van der Waals surface area contributed by atoms with E-state index in [1.165, 1.54) is 4.90 Å². The van der Waals surface area contributed by atoms with Gasteiger partial charge in [0.2, 0.25) is 11.8 Å². The summed E-state index contributed by atoms with van der Waals surface area (Å²) < 4.78 is 0. The van der Waals surface area contributed by atoms with E-state index < -0.39 is 23.2 Å². The predicted octanol–water partition coefficient (Wildman–Crippen LogP) is 2.77. The minimum atomic E-state index is -1.03. The molecule has 2 aromatic rings. The van der Waals surface area contributed by atoms with E-state index in [2.05, 4.69) is 17.9 Å². The van der Waals surface area contributed by atoms with Gasteiger partial charge in [-0.15, -0.1) is 0 Å². The second-order valence-corrected chi connectivity index (χ2v) is 8.15. The number of carbonyl (C=O) groups is 3. The third kappa shape index (κ3) is 5.02. The van der Waals surface area contributed by atoms with Gasteiger partial charge in [0.15, 0.2) is 0 Å². The van der Waals surface area contributed by atoms with Gasteiger partial charge in [-0.25, -0.2) is 4.79 Å². The van der Waals surface area contributed by atoms with E-state index >= 15 is 0 Å². The molecule has 0 spiro atoms. The first kappa shape index (κ1) is 21.9. The minimum Gasteiger partial charge on any atom is -0.480 e. The molecular weight excluding hydrogens is 400 g/mol. The number of thiol groups is 1. The molecule has 0 aliphatic carbocycles. The van der Waals surface area contributed by atoms with Crippen LogP contribution in [0.5, 0.6) is 0 Å². The molecule has 1 aliphatic heterocycles. The van der Waals surface area contributed by atoms with E-state index in [1.807, 2.05) is 61.5 Å². The lowest BCUT2D eigenvalue weighted by molar-refractivity contribution is -0.149. The van der Waals surface area contributed by atoms with Crippen LogP contribution in [-0.2, 0) is 20.8 Å². The molecule has 2 amide bonds. The average molecular weight is 427 g/mol. The number of nitrogens with zero attached hydrogens (tertiary/aromatic N) is 1. The summed E-state index contributed by atoms with van der Waals surface area (Å²) in [6.07, 6.45) is 1.40. The highest BCUT2D eigenvalue weighted by atomic mass is 32.1. The molecule has 0 aromatic heterocycles. The van der Waals surface area contributed by atoms with E-state index in [1.54, 1.807) is 0 Å². The molecule has 7 heteroatoms. The van der Waals surface area contributed by atoms with Crippen molar-refractivity contribution in [3.05, 3.63) is 71.3 Å². The van der Waals surface area contributed by atoms with E-state index in [4.69, 9.17) is 0 Å². The van der Waals surface area contributed by atoms with Crippen LogP contribution < -0.4 is 5.32 Å². The number of aryl methyl sites for hydroxylation is 1. The fourth-order valence-electron chi connectivity index (χ4n) is 3.97. The van der Waals surface area contributed by atoms with Crippen LogP contribution in [-0.4, -0.2) is 45.6 Å². The van der Waals surface area contributed by atoms with E-state index in [0.717, 1.165) is 16.7 Å². The summed E-state index contributed by atoms with van der Waals surface area (Å²) >= 11 is 4.36. The summed E-state index contributed by atoms with van der Waals surface area (Å²) in [4.78, 5) is 38.5. The van der Waals surface area contributed by atoms with Gasteiger partial charge in [-0.1, -0.05) is 54.6 Å². The number of likely N-dealkylation sites (tertiary alicyclic amines) is 1. The molecule has 2 aromatic carbocycles. The van der Waals surface area contributed by atoms with Gasteiger partial charge in [-0.2, -0.15) is 12.6 Å². The standard InChI is InChI=1S/C23H26N2O4S/c1-15-7-5-6-10-17(15)18-11-12-19(23(28)29)25(18)21(26)14-24-22(27)20(30)13-16-8-3-2-4-9-16/h2-10,18-20,30H,11-14H2,1H3,(H,24,27)(H,28,29)/t18-,19+,20+/m1/s1. The van der Waals surface area contributed by atoms with Crippen molar-refractivity contribution < 1.29 is 19.5 Å². The van der Waals surface area contributed by atoms with Crippen molar-refractivity contribution in [1.82, 2.24) is 10.2 Å². The number of hydrogen-bond acceptors (Lipinski definition) is 4. The van der Waals surface area contributed by atoms with Crippen LogP contribution in [0.4, 0.5) is 0 Å². The van der Waals surface area contributed by atoms with Gasteiger partial charge in [0.1, 0.15) is 6.04 Å². The van der Waals surface area contributed by atoms with Crippen LogP contribution in [0.25, 0.3) is 0 Å². The second-order valence-electron chi connectivity index (χ2n) is 7.53. The van der Waals surface area contributed by atoms with Crippen LogP contribution >= 0.6 is 12.6 Å². The van der Waals surface area contributed by atoms with E-state index in [-0.39, 0.29) is 18.5 Å². The molecule has 0 radical (unpaired) electrons.